The van der Waals surface area contributed by atoms with Gasteiger partial charge in [0.05, 0.1) is 6.20 Å². The summed E-state index contributed by atoms with van der Waals surface area (Å²) in [5.74, 6) is 1.86. The second kappa shape index (κ2) is 6.43. The van der Waals surface area contributed by atoms with Crippen LogP contribution in [0.1, 0.15) is 33.1 Å². The summed E-state index contributed by atoms with van der Waals surface area (Å²) < 4.78 is 1.81. The third-order valence-electron chi connectivity index (χ3n) is 4.53. The lowest BCUT2D eigenvalue weighted by Gasteiger charge is -2.35. The van der Waals surface area contributed by atoms with Crippen LogP contribution in [-0.4, -0.2) is 40.3 Å². The quantitative estimate of drug-likeness (QED) is 0.917. The van der Waals surface area contributed by atoms with Crippen LogP contribution in [0, 0.1) is 5.92 Å². The van der Waals surface area contributed by atoms with E-state index in [0.29, 0.717) is 6.04 Å². The Bertz CT molecular complexity index is 571. The second-order valence-electron chi connectivity index (χ2n) is 5.99. The predicted molar refractivity (Wildman–Crippen MR) is 85.7 cm³/mol. The Morgan fingerprint density at radius 3 is 2.90 bits per heavy atom. The van der Waals surface area contributed by atoms with Crippen LogP contribution in [-0.2, 0) is 0 Å². The van der Waals surface area contributed by atoms with E-state index in [-0.39, 0.29) is 0 Å². The lowest BCUT2D eigenvalue weighted by molar-refractivity contribution is 0.311. The van der Waals surface area contributed by atoms with E-state index in [2.05, 4.69) is 40.2 Å². The molecule has 21 heavy (non-hydrogen) atoms. The van der Waals surface area contributed by atoms with Crippen LogP contribution in [0.3, 0.4) is 0 Å². The maximum Gasteiger partial charge on any atom is 0.157 e. The summed E-state index contributed by atoms with van der Waals surface area (Å²) in [6, 6.07) is 4.64. The topological polar surface area (TPSA) is 45.5 Å². The Hall–Kier alpha value is -1.62. The number of anilines is 1. The van der Waals surface area contributed by atoms with Crippen molar-refractivity contribution in [2.45, 2.75) is 39.2 Å². The van der Waals surface area contributed by atoms with Crippen molar-refractivity contribution in [1.29, 1.82) is 0 Å². The molecule has 5 nitrogen and oxygen atoms in total. The van der Waals surface area contributed by atoms with E-state index in [4.69, 9.17) is 0 Å². The highest BCUT2D eigenvalue weighted by Crippen LogP contribution is 2.24. The molecule has 1 saturated heterocycles. The van der Waals surface area contributed by atoms with Crippen LogP contribution in [0.25, 0.3) is 5.65 Å². The molecule has 1 fully saturated rings. The number of nitrogens with one attached hydrogen (secondary N) is 1. The summed E-state index contributed by atoms with van der Waals surface area (Å²) in [6.45, 7) is 7.87. The highest BCUT2D eigenvalue weighted by molar-refractivity contribution is 5.47. The molecule has 1 aliphatic rings. The van der Waals surface area contributed by atoms with E-state index in [1.54, 1.807) is 6.20 Å². The summed E-state index contributed by atoms with van der Waals surface area (Å²) in [6.07, 6.45) is 7.47. The van der Waals surface area contributed by atoms with Crippen molar-refractivity contribution in [3.63, 3.8) is 0 Å². The first-order valence-corrected chi connectivity index (χ1v) is 8.06. The van der Waals surface area contributed by atoms with Crippen molar-refractivity contribution in [3.8, 4) is 0 Å². The van der Waals surface area contributed by atoms with Gasteiger partial charge >= 0.3 is 0 Å². The molecular formula is C16H25N5. The van der Waals surface area contributed by atoms with Crippen molar-refractivity contribution >= 4 is 11.5 Å². The van der Waals surface area contributed by atoms with Crippen LogP contribution < -0.4 is 10.2 Å². The lowest BCUT2D eigenvalue weighted by Crippen LogP contribution is -2.42. The molecule has 3 rings (SSSR count). The number of rotatable bonds is 5. The Balaban J connectivity index is 1.60. The van der Waals surface area contributed by atoms with Crippen molar-refractivity contribution in [1.82, 2.24) is 19.9 Å². The number of fused-ring (bicyclic) bond motifs is 1. The van der Waals surface area contributed by atoms with Gasteiger partial charge in [-0.05, 0) is 44.7 Å². The molecule has 3 heterocycles. The average molecular weight is 287 g/mol. The minimum Gasteiger partial charge on any atom is -0.356 e. The Kier molecular flexibility index (Phi) is 4.39. The van der Waals surface area contributed by atoms with Crippen LogP contribution >= 0.6 is 0 Å². The fraction of sp³-hybridized carbons (Fsp3) is 0.625. The number of aromatic nitrogens is 3. The van der Waals surface area contributed by atoms with Gasteiger partial charge < -0.3 is 10.2 Å². The third-order valence-corrected chi connectivity index (χ3v) is 4.53. The van der Waals surface area contributed by atoms with Gasteiger partial charge in [-0.3, -0.25) is 0 Å². The van der Waals surface area contributed by atoms with Crippen molar-refractivity contribution < 1.29 is 0 Å². The number of piperidine rings is 1. The molecule has 1 atom stereocenters. The molecule has 0 aliphatic carbocycles. The summed E-state index contributed by atoms with van der Waals surface area (Å²) in [5.41, 5.74) is 0.924. The van der Waals surface area contributed by atoms with Gasteiger partial charge in [0.2, 0.25) is 0 Å². The van der Waals surface area contributed by atoms with Crippen molar-refractivity contribution in [2.24, 2.45) is 5.92 Å². The third kappa shape index (κ3) is 3.18. The molecule has 0 saturated carbocycles. The molecule has 2 aromatic rings. The minimum atomic E-state index is 0.623. The van der Waals surface area contributed by atoms with Gasteiger partial charge in [0.25, 0.3) is 0 Å². The van der Waals surface area contributed by atoms with Gasteiger partial charge in [-0.1, -0.05) is 6.92 Å². The number of nitrogens with zero attached hydrogens (tertiary/aromatic N) is 4. The van der Waals surface area contributed by atoms with Gasteiger partial charge in [0, 0.05) is 31.4 Å². The summed E-state index contributed by atoms with van der Waals surface area (Å²) in [4.78, 5) is 7.09. The molecule has 1 aliphatic heterocycles. The van der Waals surface area contributed by atoms with Crippen molar-refractivity contribution in [3.05, 3.63) is 24.5 Å². The molecule has 0 spiro atoms. The molecule has 0 radical (unpaired) electrons. The summed E-state index contributed by atoms with van der Waals surface area (Å²) >= 11 is 0. The van der Waals surface area contributed by atoms with Gasteiger partial charge in [-0.2, -0.15) is 5.10 Å². The standard InChI is InChI=1S/C16H25N5/c1-3-8-17-13(2)14-5-10-20(11-6-14)15-7-12-21-16(19-15)4-9-18-21/h4,7,9,12-14,17H,3,5-6,8,10-11H2,1-2H3. The Morgan fingerprint density at radius 2 is 2.14 bits per heavy atom. The van der Waals surface area contributed by atoms with E-state index in [1.807, 2.05) is 16.8 Å². The first-order valence-electron chi connectivity index (χ1n) is 8.06. The lowest BCUT2D eigenvalue weighted by atomic mass is 9.90. The second-order valence-corrected chi connectivity index (χ2v) is 5.99. The highest BCUT2D eigenvalue weighted by atomic mass is 15.3. The monoisotopic (exact) mass is 287 g/mol. The van der Waals surface area contributed by atoms with Gasteiger partial charge in [0.1, 0.15) is 5.82 Å². The zero-order chi connectivity index (χ0) is 14.7. The minimum absolute atomic E-state index is 0.623. The summed E-state index contributed by atoms with van der Waals surface area (Å²) in [7, 11) is 0. The zero-order valence-electron chi connectivity index (χ0n) is 13.0. The first-order chi connectivity index (χ1) is 10.3. The van der Waals surface area contributed by atoms with Crippen LogP contribution in [0.2, 0.25) is 0 Å². The maximum absolute atomic E-state index is 4.69. The smallest absolute Gasteiger partial charge is 0.157 e. The number of hydrogen-bond acceptors (Lipinski definition) is 4. The molecule has 5 heteroatoms. The predicted octanol–water partition coefficient (Wildman–Crippen LogP) is 2.33. The van der Waals surface area contributed by atoms with Gasteiger partial charge in [-0.25, -0.2) is 9.50 Å². The fourth-order valence-electron chi connectivity index (χ4n) is 3.15. The van der Waals surface area contributed by atoms with Gasteiger partial charge in [0.15, 0.2) is 5.65 Å². The fourth-order valence-corrected chi connectivity index (χ4v) is 3.15. The zero-order valence-corrected chi connectivity index (χ0v) is 13.0. The van der Waals surface area contributed by atoms with E-state index >= 15 is 0 Å². The molecule has 1 unspecified atom stereocenters. The molecular weight excluding hydrogens is 262 g/mol. The largest absolute Gasteiger partial charge is 0.356 e. The van der Waals surface area contributed by atoms with E-state index < -0.39 is 0 Å². The van der Waals surface area contributed by atoms with Crippen LogP contribution in [0.5, 0.6) is 0 Å². The molecule has 0 aromatic carbocycles. The molecule has 0 bridgehead atoms. The van der Waals surface area contributed by atoms with E-state index in [9.17, 15) is 0 Å². The van der Waals surface area contributed by atoms with Crippen LogP contribution in [0.15, 0.2) is 24.5 Å². The van der Waals surface area contributed by atoms with E-state index in [1.165, 1.54) is 19.3 Å². The summed E-state index contributed by atoms with van der Waals surface area (Å²) in [5, 5.41) is 7.83. The molecule has 2 aromatic heterocycles. The Morgan fingerprint density at radius 1 is 1.33 bits per heavy atom. The van der Waals surface area contributed by atoms with Crippen LogP contribution in [0.4, 0.5) is 5.82 Å². The van der Waals surface area contributed by atoms with E-state index in [0.717, 1.165) is 37.0 Å². The molecule has 0 amide bonds. The average Bonchev–Trinajstić information content (AvgIpc) is 3.00. The SMILES string of the molecule is CCCNC(C)C1CCN(c2ccn3nccc3n2)CC1. The van der Waals surface area contributed by atoms with Gasteiger partial charge in [-0.15, -0.1) is 0 Å². The molecule has 114 valence electrons. The highest BCUT2D eigenvalue weighted by Gasteiger charge is 2.24. The number of hydrogen-bond donors (Lipinski definition) is 1. The Labute approximate surface area is 126 Å². The van der Waals surface area contributed by atoms with Crippen molar-refractivity contribution in [2.75, 3.05) is 24.5 Å². The maximum atomic E-state index is 4.69. The normalized spacial score (nSPS) is 18.3. The first kappa shape index (κ1) is 14.3. The molecule has 1 N–H and O–H groups in total.